The smallest absolute Gasteiger partial charge is 0.262 e. The largest absolute Gasteiger partial charge is 0.316 e. The van der Waals surface area contributed by atoms with Crippen LogP contribution in [-0.4, -0.2) is 21.2 Å². The number of allylic oxidation sites excluding steroid dienone is 1. The average molecular weight is 485 g/mol. The van der Waals surface area contributed by atoms with Gasteiger partial charge < -0.3 is 5.32 Å². The predicted molar refractivity (Wildman–Crippen MR) is 131 cm³/mol. The lowest BCUT2D eigenvalue weighted by molar-refractivity contribution is -0.113. The van der Waals surface area contributed by atoms with E-state index in [1.165, 1.54) is 39.0 Å². The molecule has 6 nitrogen and oxygen atoms in total. The maximum absolute atomic E-state index is 12.9. The normalized spacial score (nSPS) is 13.2. The first kappa shape index (κ1) is 22.6. The van der Waals surface area contributed by atoms with Crippen LogP contribution in [0.3, 0.4) is 0 Å². The molecule has 1 N–H and O–H groups in total. The fourth-order valence-corrected chi connectivity index (χ4v) is 6.05. The molecule has 2 aromatic heterocycles. The van der Waals surface area contributed by atoms with Gasteiger partial charge in [0, 0.05) is 16.4 Å². The van der Waals surface area contributed by atoms with E-state index in [1.807, 2.05) is 0 Å². The van der Waals surface area contributed by atoms with Gasteiger partial charge in [0.05, 0.1) is 22.2 Å². The van der Waals surface area contributed by atoms with Crippen LogP contribution in [-0.2, 0) is 24.2 Å². The monoisotopic (exact) mass is 484 g/mol. The van der Waals surface area contributed by atoms with Gasteiger partial charge in [0.25, 0.3) is 5.56 Å². The zero-order valence-corrected chi connectivity index (χ0v) is 19.7. The van der Waals surface area contributed by atoms with Crippen LogP contribution in [0.5, 0.6) is 0 Å². The minimum atomic E-state index is -0.242. The van der Waals surface area contributed by atoms with Crippen molar-refractivity contribution in [3.8, 4) is 6.07 Å². The SMILES string of the molecule is C=CCn1c(SCC(=O)Nc2sc3c(c2C#N)CCCCC3)nc2cc(Cl)ccc2c1=O. The lowest BCUT2D eigenvalue weighted by Crippen LogP contribution is -2.23. The Bertz CT molecular complexity index is 1310. The van der Waals surface area contributed by atoms with Crippen molar-refractivity contribution in [2.24, 2.45) is 0 Å². The molecule has 32 heavy (non-hydrogen) atoms. The van der Waals surface area contributed by atoms with Gasteiger partial charge in [-0.25, -0.2) is 4.98 Å². The number of rotatable bonds is 6. The third-order valence-corrected chi connectivity index (χ3v) is 7.73. The van der Waals surface area contributed by atoms with Gasteiger partial charge in [-0.1, -0.05) is 35.9 Å². The molecule has 0 fully saturated rings. The number of aryl methyl sites for hydroxylation is 1. The fourth-order valence-electron chi connectivity index (χ4n) is 3.82. The summed E-state index contributed by atoms with van der Waals surface area (Å²) in [6, 6.07) is 7.22. The third-order valence-electron chi connectivity index (χ3n) is 5.31. The van der Waals surface area contributed by atoms with E-state index >= 15 is 0 Å². The van der Waals surface area contributed by atoms with E-state index in [0.29, 0.717) is 31.6 Å². The molecule has 1 amide bonds. The first-order valence-corrected chi connectivity index (χ1v) is 12.5. The Kier molecular flexibility index (Phi) is 6.99. The first-order chi connectivity index (χ1) is 15.5. The predicted octanol–water partition coefficient (Wildman–Crippen LogP) is 5.17. The Morgan fingerprint density at radius 3 is 2.97 bits per heavy atom. The zero-order chi connectivity index (χ0) is 22.7. The highest BCUT2D eigenvalue weighted by atomic mass is 35.5. The van der Waals surface area contributed by atoms with Gasteiger partial charge >= 0.3 is 0 Å². The number of nitrogens with zero attached hydrogens (tertiary/aromatic N) is 3. The number of carbonyl (C=O) groups excluding carboxylic acids is 1. The molecule has 4 rings (SSSR count). The number of halogens is 1. The number of amides is 1. The minimum absolute atomic E-state index is 0.0586. The Morgan fingerprint density at radius 1 is 1.38 bits per heavy atom. The number of hydrogen-bond acceptors (Lipinski definition) is 6. The molecule has 0 radical (unpaired) electrons. The summed E-state index contributed by atoms with van der Waals surface area (Å²) in [5.41, 5.74) is 1.96. The molecule has 164 valence electrons. The molecule has 1 aliphatic rings. The van der Waals surface area contributed by atoms with Gasteiger partial charge in [0.2, 0.25) is 5.91 Å². The fraction of sp³-hybridized carbons (Fsp3) is 0.304. The van der Waals surface area contributed by atoms with Gasteiger partial charge in [-0.3, -0.25) is 14.2 Å². The number of hydrogen-bond donors (Lipinski definition) is 1. The van der Waals surface area contributed by atoms with Crippen LogP contribution in [0.1, 0.15) is 35.3 Å². The van der Waals surface area contributed by atoms with Crippen LogP contribution in [0.25, 0.3) is 10.9 Å². The number of nitrogens with one attached hydrogen (secondary N) is 1. The summed E-state index contributed by atoms with van der Waals surface area (Å²) in [6.45, 7) is 4.00. The highest BCUT2D eigenvalue weighted by Gasteiger charge is 2.21. The van der Waals surface area contributed by atoms with E-state index in [0.717, 1.165) is 31.2 Å². The van der Waals surface area contributed by atoms with Crippen LogP contribution < -0.4 is 10.9 Å². The van der Waals surface area contributed by atoms with Crippen LogP contribution in [0.15, 0.2) is 40.8 Å². The molecule has 0 saturated carbocycles. The van der Waals surface area contributed by atoms with Gasteiger partial charge in [0.15, 0.2) is 5.16 Å². The molecule has 0 saturated heterocycles. The number of aromatic nitrogens is 2. The van der Waals surface area contributed by atoms with Crippen molar-refractivity contribution >= 4 is 56.5 Å². The summed E-state index contributed by atoms with van der Waals surface area (Å²) in [4.78, 5) is 31.4. The van der Waals surface area contributed by atoms with Crippen molar-refractivity contribution in [2.75, 3.05) is 11.1 Å². The van der Waals surface area contributed by atoms with Crippen LogP contribution in [0.2, 0.25) is 5.02 Å². The molecule has 9 heteroatoms. The second-order valence-corrected chi connectivity index (χ2v) is 9.96. The van der Waals surface area contributed by atoms with Crippen LogP contribution in [0, 0.1) is 11.3 Å². The van der Waals surface area contributed by atoms with E-state index in [-0.39, 0.29) is 23.8 Å². The van der Waals surface area contributed by atoms with Gasteiger partial charge in [0.1, 0.15) is 11.1 Å². The number of carbonyl (C=O) groups is 1. The molecule has 0 bridgehead atoms. The van der Waals surface area contributed by atoms with Crippen LogP contribution in [0.4, 0.5) is 5.00 Å². The van der Waals surface area contributed by atoms with Gasteiger partial charge in [-0.05, 0) is 49.4 Å². The maximum atomic E-state index is 12.9. The molecule has 0 aliphatic heterocycles. The maximum Gasteiger partial charge on any atom is 0.262 e. The molecule has 2 heterocycles. The standard InChI is InChI=1S/C23H21ClN4O2S2/c1-2-10-28-22(30)16-9-8-14(24)11-18(16)26-23(28)31-13-20(29)27-21-17(12-25)15-6-4-3-5-7-19(15)32-21/h2,8-9,11H,1,3-7,10,13H2,(H,27,29). The number of thioether (sulfide) groups is 1. The lowest BCUT2D eigenvalue weighted by atomic mass is 10.1. The second kappa shape index (κ2) is 9.90. The van der Waals surface area contributed by atoms with E-state index in [2.05, 4.69) is 22.9 Å². The van der Waals surface area contributed by atoms with E-state index in [9.17, 15) is 14.9 Å². The number of benzene rings is 1. The lowest BCUT2D eigenvalue weighted by Gasteiger charge is -2.11. The summed E-state index contributed by atoms with van der Waals surface area (Å²) in [5.74, 6) is -0.184. The van der Waals surface area contributed by atoms with Gasteiger partial charge in [-0.2, -0.15) is 5.26 Å². The van der Waals surface area contributed by atoms with Crippen molar-refractivity contribution in [1.29, 1.82) is 5.26 Å². The highest BCUT2D eigenvalue weighted by Crippen LogP contribution is 2.37. The first-order valence-electron chi connectivity index (χ1n) is 10.3. The Labute approximate surface area is 198 Å². The Morgan fingerprint density at radius 2 is 2.19 bits per heavy atom. The summed E-state index contributed by atoms with van der Waals surface area (Å²) in [6.07, 6.45) is 6.81. The zero-order valence-electron chi connectivity index (χ0n) is 17.3. The van der Waals surface area contributed by atoms with E-state index in [4.69, 9.17) is 11.6 Å². The summed E-state index contributed by atoms with van der Waals surface area (Å²) in [7, 11) is 0. The molecule has 0 spiro atoms. The van der Waals surface area contributed by atoms with E-state index in [1.54, 1.807) is 24.3 Å². The van der Waals surface area contributed by atoms with Crippen molar-refractivity contribution in [3.05, 3.63) is 62.2 Å². The number of anilines is 1. The average Bonchev–Trinajstić information content (AvgIpc) is 2.93. The Hall–Kier alpha value is -2.60. The van der Waals surface area contributed by atoms with Crippen molar-refractivity contribution < 1.29 is 4.79 Å². The Balaban J connectivity index is 1.56. The second-order valence-electron chi connectivity index (χ2n) is 7.48. The van der Waals surface area contributed by atoms with Gasteiger partial charge in [-0.15, -0.1) is 17.9 Å². The van der Waals surface area contributed by atoms with Crippen molar-refractivity contribution in [2.45, 2.75) is 43.8 Å². The molecule has 3 aromatic rings. The quantitative estimate of drug-likeness (QED) is 0.226. The topological polar surface area (TPSA) is 87.8 Å². The number of nitriles is 1. The highest BCUT2D eigenvalue weighted by molar-refractivity contribution is 7.99. The summed E-state index contributed by atoms with van der Waals surface area (Å²) in [5, 5.41) is 14.5. The molecular formula is C23H21ClN4O2S2. The number of fused-ring (bicyclic) bond motifs is 2. The van der Waals surface area contributed by atoms with Crippen molar-refractivity contribution in [1.82, 2.24) is 9.55 Å². The van der Waals surface area contributed by atoms with Crippen molar-refractivity contribution in [3.63, 3.8) is 0 Å². The molecule has 1 aromatic carbocycles. The summed E-state index contributed by atoms with van der Waals surface area (Å²) >= 11 is 8.74. The molecule has 0 atom stereocenters. The molecule has 1 aliphatic carbocycles. The summed E-state index contributed by atoms with van der Waals surface area (Å²) < 4.78 is 1.50. The minimum Gasteiger partial charge on any atom is -0.316 e. The van der Waals surface area contributed by atoms with Crippen LogP contribution >= 0.6 is 34.7 Å². The van der Waals surface area contributed by atoms with E-state index < -0.39 is 0 Å². The number of thiophene rings is 1. The molecule has 0 unspecified atom stereocenters. The molecular weight excluding hydrogens is 464 g/mol. The third kappa shape index (κ3) is 4.60.